The predicted octanol–water partition coefficient (Wildman–Crippen LogP) is 3.58. The molecule has 2 amide bonds. The van der Waals surface area contributed by atoms with Crippen molar-refractivity contribution < 1.29 is 19.1 Å². The molecule has 0 spiro atoms. The Morgan fingerprint density at radius 2 is 2.00 bits per heavy atom. The van der Waals surface area contributed by atoms with Crippen LogP contribution in [-0.2, 0) is 16.1 Å². The zero-order chi connectivity index (χ0) is 27.0. The first-order valence-corrected chi connectivity index (χ1v) is 13.7. The lowest BCUT2D eigenvalue weighted by Gasteiger charge is -2.31. The van der Waals surface area contributed by atoms with Gasteiger partial charge in [0.1, 0.15) is 32.1 Å². The number of amides is 2. The van der Waals surface area contributed by atoms with Gasteiger partial charge >= 0.3 is 6.09 Å². The van der Waals surface area contributed by atoms with Gasteiger partial charge in [-0.25, -0.2) is 9.78 Å². The fourth-order valence-corrected chi connectivity index (χ4v) is 6.45. The quantitative estimate of drug-likeness (QED) is 0.400. The second-order valence-electron chi connectivity index (χ2n) is 11.5. The molecular formula is C30H31BN4O4. The Hall–Kier alpha value is -4.01. The van der Waals surface area contributed by atoms with Gasteiger partial charge in [0.2, 0.25) is 5.91 Å². The summed E-state index contributed by atoms with van der Waals surface area (Å²) in [5.74, 6) is 2.06. The number of nitrogens with zero attached hydrogens (tertiary/aromatic N) is 2. The molecule has 4 atom stereocenters. The van der Waals surface area contributed by atoms with Crippen LogP contribution >= 0.6 is 0 Å². The van der Waals surface area contributed by atoms with E-state index in [2.05, 4.69) is 60.6 Å². The summed E-state index contributed by atoms with van der Waals surface area (Å²) in [7, 11) is 3.39. The van der Waals surface area contributed by atoms with Crippen LogP contribution in [0.3, 0.4) is 0 Å². The van der Waals surface area contributed by atoms with E-state index in [-0.39, 0.29) is 23.9 Å². The number of rotatable bonds is 4. The van der Waals surface area contributed by atoms with Crippen molar-refractivity contribution >= 4 is 47.1 Å². The molecule has 3 heterocycles. The lowest BCUT2D eigenvalue weighted by molar-refractivity contribution is -0.136. The molecule has 1 saturated carbocycles. The number of methoxy groups -OCH3 is 1. The number of piperidine rings is 1. The third-order valence-corrected chi connectivity index (χ3v) is 8.59. The molecule has 3 aliphatic rings. The van der Waals surface area contributed by atoms with Gasteiger partial charge in [0.05, 0.1) is 24.2 Å². The van der Waals surface area contributed by atoms with E-state index in [1.165, 1.54) is 18.1 Å². The first-order chi connectivity index (χ1) is 18.8. The fraction of sp³-hybridized carbons (Fsp3) is 0.367. The largest absolute Gasteiger partial charge is 0.488 e. The number of ether oxygens (including phenoxy) is 2. The summed E-state index contributed by atoms with van der Waals surface area (Å²) in [5, 5.41) is 4.98. The number of nitrogens with one attached hydrogen (secondary N) is 2. The highest BCUT2D eigenvalue weighted by Crippen LogP contribution is 2.53. The zero-order valence-electron chi connectivity index (χ0n) is 22.6. The van der Waals surface area contributed by atoms with Gasteiger partial charge < -0.3 is 24.7 Å². The number of aromatic amines is 1. The van der Waals surface area contributed by atoms with Crippen LogP contribution in [0, 0.1) is 11.8 Å². The van der Waals surface area contributed by atoms with Crippen molar-refractivity contribution in [3.63, 3.8) is 0 Å². The first-order valence-electron chi connectivity index (χ1n) is 13.7. The summed E-state index contributed by atoms with van der Waals surface area (Å²) in [5.41, 5.74) is 6.51. The lowest BCUT2D eigenvalue weighted by Crippen LogP contribution is -2.52. The Kier molecular flexibility index (Phi) is 5.41. The maximum absolute atomic E-state index is 13.8. The molecule has 2 fully saturated rings. The summed E-state index contributed by atoms with van der Waals surface area (Å²) in [6.07, 6.45) is 1.28. The number of alkyl carbamates (subject to hydrolysis) is 1. The Balaban J connectivity index is 1.26. The van der Waals surface area contributed by atoms with Crippen molar-refractivity contribution in [1.82, 2.24) is 20.2 Å². The van der Waals surface area contributed by atoms with Crippen LogP contribution in [0.15, 0.2) is 42.5 Å². The summed E-state index contributed by atoms with van der Waals surface area (Å²) in [4.78, 5) is 36.3. The number of imidazole rings is 1. The van der Waals surface area contributed by atoms with Gasteiger partial charge in [-0.3, -0.25) is 4.79 Å². The molecule has 7 rings (SSSR count). The Morgan fingerprint density at radius 3 is 2.79 bits per heavy atom. The Morgan fingerprint density at radius 1 is 1.15 bits per heavy atom. The van der Waals surface area contributed by atoms with Crippen LogP contribution in [0.25, 0.3) is 32.9 Å². The fourth-order valence-electron chi connectivity index (χ4n) is 6.45. The topological polar surface area (TPSA) is 96.6 Å². The number of H-pyrrole nitrogens is 1. The van der Waals surface area contributed by atoms with Crippen molar-refractivity contribution in [3.05, 3.63) is 53.9 Å². The van der Waals surface area contributed by atoms with Crippen LogP contribution < -0.4 is 15.5 Å². The summed E-state index contributed by atoms with van der Waals surface area (Å²) < 4.78 is 10.9. The van der Waals surface area contributed by atoms with Crippen LogP contribution in [-0.4, -0.2) is 53.9 Å². The van der Waals surface area contributed by atoms with Gasteiger partial charge in [-0.05, 0) is 65.5 Å². The van der Waals surface area contributed by atoms with Gasteiger partial charge in [-0.1, -0.05) is 37.5 Å². The van der Waals surface area contributed by atoms with Crippen LogP contribution in [0.2, 0.25) is 0 Å². The Bertz CT molecular complexity index is 1660. The molecule has 4 aromatic rings. The zero-order valence-corrected chi connectivity index (χ0v) is 22.6. The van der Waals surface area contributed by atoms with Crippen molar-refractivity contribution in [3.8, 4) is 16.9 Å². The lowest BCUT2D eigenvalue weighted by atomic mass is 9.89. The number of likely N-dealkylation sites (tertiary alicyclic amines) is 1. The number of hydrogen-bond donors (Lipinski definition) is 2. The molecule has 9 heteroatoms. The van der Waals surface area contributed by atoms with Gasteiger partial charge in [0, 0.05) is 17.0 Å². The van der Waals surface area contributed by atoms with Crippen LogP contribution in [0.5, 0.6) is 5.75 Å². The highest BCUT2D eigenvalue weighted by molar-refractivity contribution is 6.32. The van der Waals surface area contributed by atoms with Crippen molar-refractivity contribution in [2.45, 2.75) is 51.4 Å². The minimum atomic E-state index is -0.650. The maximum Gasteiger partial charge on any atom is 0.407 e. The molecule has 0 radical (unpaired) electrons. The molecule has 0 bridgehead atoms. The van der Waals surface area contributed by atoms with Gasteiger partial charge in [0.15, 0.2) is 0 Å². The number of hydrogen-bond acceptors (Lipinski definition) is 5. The summed E-state index contributed by atoms with van der Waals surface area (Å²) in [6.45, 7) is 4.40. The van der Waals surface area contributed by atoms with E-state index in [1.54, 1.807) is 0 Å². The molecule has 1 aromatic heterocycles. The average Bonchev–Trinajstić information content (AvgIpc) is 3.37. The molecule has 2 aliphatic heterocycles. The third-order valence-electron chi connectivity index (χ3n) is 8.59. The first kappa shape index (κ1) is 24.1. The normalized spacial score (nSPS) is 21.7. The molecule has 1 saturated heterocycles. The number of carbonyl (C=O) groups excluding carboxylic acids is 2. The van der Waals surface area contributed by atoms with Crippen molar-refractivity contribution in [2.24, 2.45) is 11.8 Å². The molecule has 8 nitrogen and oxygen atoms in total. The van der Waals surface area contributed by atoms with E-state index in [0.29, 0.717) is 12.5 Å². The SMILES string of the molecule is Bc1ccc2c(c1)OCc1cc3c(ccc4nc([C@@H]5C[C@H]6C[C@H]6N5C(=O)[C@@H](NC(=O)OC)C(C)C)[nH]c43)cc1-2. The van der Waals surface area contributed by atoms with Gasteiger partial charge in [0.25, 0.3) is 0 Å². The van der Waals surface area contributed by atoms with E-state index < -0.39 is 12.1 Å². The van der Waals surface area contributed by atoms with E-state index >= 15 is 0 Å². The van der Waals surface area contributed by atoms with Crippen molar-refractivity contribution in [2.75, 3.05) is 7.11 Å². The van der Waals surface area contributed by atoms with E-state index in [0.717, 1.165) is 57.3 Å². The minimum absolute atomic E-state index is 0.0721. The molecule has 198 valence electrons. The molecule has 0 unspecified atom stereocenters. The minimum Gasteiger partial charge on any atom is -0.488 e. The van der Waals surface area contributed by atoms with E-state index in [9.17, 15) is 9.59 Å². The number of carbonyl (C=O) groups is 2. The number of fused-ring (bicyclic) bond motifs is 7. The van der Waals surface area contributed by atoms with Crippen LogP contribution in [0.4, 0.5) is 4.79 Å². The maximum atomic E-state index is 13.8. The van der Waals surface area contributed by atoms with E-state index in [1.807, 2.05) is 18.7 Å². The van der Waals surface area contributed by atoms with Crippen molar-refractivity contribution in [1.29, 1.82) is 0 Å². The summed E-state index contributed by atoms with van der Waals surface area (Å²) >= 11 is 0. The monoisotopic (exact) mass is 522 g/mol. The molecule has 3 aromatic carbocycles. The number of benzene rings is 3. The van der Waals surface area contributed by atoms with Gasteiger partial charge in [-0.2, -0.15) is 0 Å². The standard InChI is InChI=1S/C30H31BN4O4/c1-14(2)26(34-30(37)38-3)29(36)35-23-10-16(23)11-24(35)28-32-22-7-4-15-8-20-17(9-21(15)27(22)33-28)13-39-25-12-18(31)5-6-19(20)25/h4-9,12,14,16,23-24,26H,10-11,13,31H2,1-3H3,(H,32,33)(H,34,37)/t16-,23-,24+,26+/m1/s1. The second-order valence-corrected chi connectivity index (χ2v) is 11.5. The molecule has 39 heavy (non-hydrogen) atoms. The molecule has 1 aliphatic carbocycles. The highest BCUT2D eigenvalue weighted by Gasteiger charge is 2.56. The number of aromatic nitrogens is 2. The predicted molar refractivity (Wildman–Crippen MR) is 152 cm³/mol. The molecular weight excluding hydrogens is 491 g/mol. The summed E-state index contributed by atoms with van der Waals surface area (Å²) in [6, 6.07) is 14.4. The third kappa shape index (κ3) is 3.86. The average molecular weight is 522 g/mol. The van der Waals surface area contributed by atoms with E-state index in [4.69, 9.17) is 14.5 Å². The second kappa shape index (κ2) is 8.76. The van der Waals surface area contributed by atoms with Crippen LogP contribution in [0.1, 0.15) is 44.1 Å². The molecule has 2 N–H and O–H groups in total. The highest BCUT2D eigenvalue weighted by atomic mass is 16.5. The van der Waals surface area contributed by atoms with Gasteiger partial charge in [-0.15, -0.1) is 0 Å². The Labute approximate surface area is 227 Å². The smallest absolute Gasteiger partial charge is 0.407 e.